The molecular weight excluding hydrogens is 178 g/mol. The SMILES string of the molecule is CCCC(CC(C#N)CC)/C(N)=N/O. The van der Waals surface area contributed by atoms with Gasteiger partial charge in [-0.05, 0) is 19.3 Å². The van der Waals surface area contributed by atoms with E-state index in [4.69, 9.17) is 16.2 Å². The van der Waals surface area contributed by atoms with E-state index in [1.54, 1.807) is 0 Å². The maximum Gasteiger partial charge on any atom is 0.142 e. The Morgan fingerprint density at radius 2 is 2.21 bits per heavy atom. The van der Waals surface area contributed by atoms with Crippen molar-refractivity contribution in [3.05, 3.63) is 0 Å². The van der Waals surface area contributed by atoms with Crippen molar-refractivity contribution in [2.45, 2.75) is 39.5 Å². The van der Waals surface area contributed by atoms with Crippen molar-refractivity contribution in [1.29, 1.82) is 5.26 Å². The molecule has 0 aromatic rings. The molecule has 0 aromatic carbocycles. The lowest BCUT2D eigenvalue weighted by Crippen LogP contribution is -2.25. The van der Waals surface area contributed by atoms with E-state index in [2.05, 4.69) is 11.2 Å². The van der Waals surface area contributed by atoms with Crippen LogP contribution in [0.2, 0.25) is 0 Å². The fraction of sp³-hybridized carbons (Fsp3) is 0.800. The molecule has 4 heteroatoms. The Hall–Kier alpha value is -1.24. The van der Waals surface area contributed by atoms with Crippen molar-refractivity contribution in [3.8, 4) is 6.07 Å². The van der Waals surface area contributed by atoms with Crippen molar-refractivity contribution in [2.75, 3.05) is 0 Å². The Labute approximate surface area is 85.4 Å². The highest BCUT2D eigenvalue weighted by Crippen LogP contribution is 2.19. The smallest absolute Gasteiger partial charge is 0.142 e. The van der Waals surface area contributed by atoms with Crippen LogP contribution in [0, 0.1) is 23.2 Å². The number of hydrogen-bond donors (Lipinski definition) is 2. The Morgan fingerprint density at radius 3 is 2.57 bits per heavy atom. The highest BCUT2D eigenvalue weighted by molar-refractivity contribution is 5.82. The molecule has 14 heavy (non-hydrogen) atoms. The van der Waals surface area contributed by atoms with Gasteiger partial charge in [0, 0.05) is 11.8 Å². The van der Waals surface area contributed by atoms with E-state index in [-0.39, 0.29) is 17.7 Å². The van der Waals surface area contributed by atoms with Crippen LogP contribution in [0.1, 0.15) is 39.5 Å². The average molecular weight is 197 g/mol. The van der Waals surface area contributed by atoms with Crippen LogP contribution in [0.5, 0.6) is 0 Å². The summed E-state index contributed by atoms with van der Waals surface area (Å²) in [4.78, 5) is 0. The number of nitriles is 1. The van der Waals surface area contributed by atoms with Gasteiger partial charge in [-0.15, -0.1) is 0 Å². The lowest BCUT2D eigenvalue weighted by molar-refractivity contribution is 0.310. The first-order chi connectivity index (χ1) is 6.69. The Balaban J connectivity index is 4.30. The van der Waals surface area contributed by atoms with Gasteiger partial charge in [-0.2, -0.15) is 5.26 Å². The summed E-state index contributed by atoms with van der Waals surface area (Å²) < 4.78 is 0. The fourth-order valence-electron chi connectivity index (χ4n) is 1.47. The molecule has 0 aliphatic rings. The van der Waals surface area contributed by atoms with Crippen LogP contribution in [0.25, 0.3) is 0 Å². The number of nitrogens with zero attached hydrogens (tertiary/aromatic N) is 2. The normalized spacial score (nSPS) is 15.9. The first-order valence-electron chi connectivity index (χ1n) is 5.06. The average Bonchev–Trinajstić information content (AvgIpc) is 2.23. The number of amidine groups is 1. The van der Waals surface area contributed by atoms with Gasteiger partial charge in [-0.3, -0.25) is 0 Å². The molecule has 0 aliphatic carbocycles. The molecule has 4 nitrogen and oxygen atoms in total. The van der Waals surface area contributed by atoms with Crippen LogP contribution in [-0.4, -0.2) is 11.0 Å². The molecule has 0 aromatic heterocycles. The first-order valence-corrected chi connectivity index (χ1v) is 5.06. The minimum Gasteiger partial charge on any atom is -0.409 e. The largest absolute Gasteiger partial charge is 0.409 e. The predicted molar refractivity (Wildman–Crippen MR) is 55.8 cm³/mol. The molecule has 3 N–H and O–H groups in total. The van der Waals surface area contributed by atoms with Gasteiger partial charge in [-0.25, -0.2) is 0 Å². The van der Waals surface area contributed by atoms with Gasteiger partial charge in [0.25, 0.3) is 0 Å². The quantitative estimate of drug-likeness (QED) is 0.296. The Kier molecular flexibility index (Phi) is 6.55. The first kappa shape index (κ1) is 12.8. The van der Waals surface area contributed by atoms with E-state index in [0.29, 0.717) is 6.42 Å². The molecule has 0 fully saturated rings. The molecule has 0 bridgehead atoms. The van der Waals surface area contributed by atoms with Crippen LogP contribution >= 0.6 is 0 Å². The highest BCUT2D eigenvalue weighted by atomic mass is 16.4. The maximum absolute atomic E-state index is 8.80. The zero-order valence-electron chi connectivity index (χ0n) is 8.90. The third kappa shape index (κ3) is 4.13. The molecule has 0 saturated heterocycles. The van der Waals surface area contributed by atoms with Gasteiger partial charge in [0.05, 0.1) is 6.07 Å². The number of nitrogens with two attached hydrogens (primary N) is 1. The lowest BCUT2D eigenvalue weighted by Gasteiger charge is -2.16. The van der Waals surface area contributed by atoms with Crippen molar-refractivity contribution in [1.82, 2.24) is 0 Å². The monoisotopic (exact) mass is 197 g/mol. The summed E-state index contributed by atoms with van der Waals surface area (Å²) in [5.74, 6) is 0.294. The molecular formula is C10H19N3O. The second kappa shape index (κ2) is 7.19. The Morgan fingerprint density at radius 1 is 1.57 bits per heavy atom. The van der Waals surface area contributed by atoms with Gasteiger partial charge in [0.2, 0.25) is 0 Å². The van der Waals surface area contributed by atoms with Gasteiger partial charge in [0.1, 0.15) is 5.84 Å². The second-order valence-corrected chi connectivity index (χ2v) is 3.48. The van der Waals surface area contributed by atoms with E-state index in [1.807, 2.05) is 13.8 Å². The molecule has 2 atom stereocenters. The van der Waals surface area contributed by atoms with Gasteiger partial charge >= 0.3 is 0 Å². The highest BCUT2D eigenvalue weighted by Gasteiger charge is 2.18. The summed E-state index contributed by atoms with van der Waals surface area (Å²) in [6.45, 7) is 4.02. The van der Waals surface area contributed by atoms with Crippen molar-refractivity contribution < 1.29 is 5.21 Å². The van der Waals surface area contributed by atoms with E-state index < -0.39 is 0 Å². The van der Waals surface area contributed by atoms with Crippen LogP contribution in [-0.2, 0) is 0 Å². The van der Waals surface area contributed by atoms with Gasteiger partial charge in [0.15, 0.2) is 0 Å². The summed E-state index contributed by atoms with van der Waals surface area (Å²) >= 11 is 0. The molecule has 0 spiro atoms. The van der Waals surface area contributed by atoms with Gasteiger partial charge in [-0.1, -0.05) is 25.4 Å². The molecule has 80 valence electrons. The minimum absolute atomic E-state index is 0.00634. The lowest BCUT2D eigenvalue weighted by atomic mass is 9.90. The predicted octanol–water partition coefficient (Wildman–Crippen LogP) is 2.09. The van der Waals surface area contributed by atoms with E-state index in [9.17, 15) is 0 Å². The van der Waals surface area contributed by atoms with Crippen LogP contribution in [0.4, 0.5) is 0 Å². The summed E-state index contributed by atoms with van der Waals surface area (Å²) in [6.07, 6.45) is 3.35. The molecule has 0 saturated carbocycles. The second-order valence-electron chi connectivity index (χ2n) is 3.48. The van der Waals surface area contributed by atoms with E-state index in [0.717, 1.165) is 19.3 Å². The van der Waals surface area contributed by atoms with Crippen molar-refractivity contribution in [2.24, 2.45) is 22.7 Å². The van der Waals surface area contributed by atoms with Crippen molar-refractivity contribution in [3.63, 3.8) is 0 Å². The standard InChI is InChI=1S/C10H19N3O/c1-3-5-9(10(12)13-14)6-8(4-2)7-11/h8-9,14H,3-6H2,1-2H3,(H2,12,13). The van der Waals surface area contributed by atoms with E-state index in [1.165, 1.54) is 0 Å². The third-order valence-electron chi connectivity index (χ3n) is 2.42. The number of hydrogen-bond acceptors (Lipinski definition) is 3. The topological polar surface area (TPSA) is 82.4 Å². The molecule has 0 aliphatic heterocycles. The summed E-state index contributed by atoms with van der Waals surface area (Å²) in [7, 11) is 0. The van der Waals surface area contributed by atoms with Gasteiger partial charge < -0.3 is 10.9 Å². The molecule has 0 heterocycles. The zero-order chi connectivity index (χ0) is 11.0. The fourth-order valence-corrected chi connectivity index (χ4v) is 1.47. The zero-order valence-corrected chi connectivity index (χ0v) is 8.90. The maximum atomic E-state index is 8.80. The molecule has 2 unspecified atom stereocenters. The molecule has 0 amide bonds. The summed E-state index contributed by atoms with van der Waals surface area (Å²) in [5.41, 5.74) is 5.55. The Bertz CT molecular complexity index is 220. The van der Waals surface area contributed by atoms with Crippen LogP contribution in [0.15, 0.2) is 5.16 Å². The molecule has 0 rings (SSSR count). The van der Waals surface area contributed by atoms with Crippen molar-refractivity contribution >= 4 is 5.84 Å². The molecule has 0 radical (unpaired) electrons. The minimum atomic E-state index is 0.00634. The number of oxime groups is 1. The van der Waals surface area contributed by atoms with Crippen LogP contribution in [0.3, 0.4) is 0 Å². The summed E-state index contributed by atoms with van der Waals surface area (Å²) in [6, 6.07) is 2.23. The third-order valence-corrected chi connectivity index (χ3v) is 2.42. The van der Waals surface area contributed by atoms with E-state index >= 15 is 0 Å². The number of rotatable bonds is 6. The van der Waals surface area contributed by atoms with Crippen LogP contribution < -0.4 is 5.73 Å². The summed E-state index contributed by atoms with van der Waals surface area (Å²) in [5, 5.41) is 20.4.